The second-order valence-corrected chi connectivity index (χ2v) is 7.66. The van der Waals surface area contributed by atoms with Crippen molar-refractivity contribution in [2.75, 3.05) is 18.8 Å². The summed E-state index contributed by atoms with van der Waals surface area (Å²) < 4.78 is 25.7. The average Bonchev–Trinajstić information content (AvgIpc) is 3.20. The van der Waals surface area contributed by atoms with Gasteiger partial charge in [0.2, 0.25) is 15.9 Å². The quantitative estimate of drug-likeness (QED) is 0.717. The molecule has 0 radical (unpaired) electrons. The molecule has 0 aromatic rings. The standard InChI is InChI=1S/C13H24N2O3S/c16-13(14-12-7-8-12)6-2-5-11-19(17,18)15-9-3-1-4-10-15/h12H,1-11H2,(H,14,16). The molecule has 0 atom stereocenters. The highest BCUT2D eigenvalue weighted by molar-refractivity contribution is 7.89. The van der Waals surface area contributed by atoms with Crippen LogP contribution in [0.15, 0.2) is 0 Å². The van der Waals surface area contributed by atoms with E-state index in [4.69, 9.17) is 0 Å². The molecule has 0 unspecified atom stereocenters. The minimum Gasteiger partial charge on any atom is -0.353 e. The van der Waals surface area contributed by atoms with Gasteiger partial charge in [-0.1, -0.05) is 6.42 Å². The maximum absolute atomic E-state index is 12.0. The highest BCUT2D eigenvalue weighted by Crippen LogP contribution is 2.19. The summed E-state index contributed by atoms with van der Waals surface area (Å²) in [5, 5.41) is 2.92. The van der Waals surface area contributed by atoms with Crippen LogP contribution in [0.4, 0.5) is 0 Å². The van der Waals surface area contributed by atoms with Crippen molar-refractivity contribution in [3.63, 3.8) is 0 Å². The third-order valence-corrected chi connectivity index (χ3v) is 5.66. The van der Waals surface area contributed by atoms with E-state index in [1.54, 1.807) is 4.31 Å². The molecule has 1 N–H and O–H groups in total. The summed E-state index contributed by atoms with van der Waals surface area (Å²) in [4.78, 5) is 11.4. The van der Waals surface area contributed by atoms with Crippen molar-refractivity contribution in [1.29, 1.82) is 0 Å². The number of unbranched alkanes of at least 4 members (excludes halogenated alkanes) is 1. The summed E-state index contributed by atoms with van der Waals surface area (Å²) in [7, 11) is -3.09. The Morgan fingerprint density at radius 3 is 2.42 bits per heavy atom. The van der Waals surface area contributed by atoms with Crippen molar-refractivity contribution < 1.29 is 13.2 Å². The zero-order valence-electron chi connectivity index (χ0n) is 11.4. The third-order valence-electron chi connectivity index (χ3n) is 3.71. The van der Waals surface area contributed by atoms with Crippen LogP contribution in [0.2, 0.25) is 0 Å². The zero-order valence-corrected chi connectivity index (χ0v) is 12.3. The Balaban J connectivity index is 1.61. The number of sulfonamides is 1. The number of hydrogen-bond donors (Lipinski definition) is 1. The van der Waals surface area contributed by atoms with Gasteiger partial charge in [0.15, 0.2) is 0 Å². The Kier molecular flexibility index (Phi) is 5.21. The van der Waals surface area contributed by atoms with Gasteiger partial charge in [0, 0.05) is 25.6 Å². The lowest BCUT2D eigenvalue weighted by Crippen LogP contribution is -2.37. The molecule has 1 amide bonds. The molecule has 19 heavy (non-hydrogen) atoms. The molecule has 1 heterocycles. The fourth-order valence-electron chi connectivity index (χ4n) is 2.37. The largest absolute Gasteiger partial charge is 0.353 e. The first-order valence-electron chi connectivity index (χ1n) is 7.35. The monoisotopic (exact) mass is 288 g/mol. The van der Waals surface area contributed by atoms with Gasteiger partial charge in [0.05, 0.1) is 5.75 Å². The van der Waals surface area contributed by atoms with E-state index >= 15 is 0 Å². The molecule has 1 aliphatic heterocycles. The van der Waals surface area contributed by atoms with E-state index in [-0.39, 0.29) is 11.7 Å². The van der Waals surface area contributed by atoms with Crippen molar-refractivity contribution in [2.45, 2.75) is 57.4 Å². The summed E-state index contributed by atoms with van der Waals surface area (Å²) in [6.07, 6.45) is 6.96. The fraction of sp³-hybridized carbons (Fsp3) is 0.923. The first-order chi connectivity index (χ1) is 9.08. The average molecular weight is 288 g/mol. The van der Waals surface area contributed by atoms with Gasteiger partial charge in [0.25, 0.3) is 0 Å². The highest BCUT2D eigenvalue weighted by Gasteiger charge is 2.24. The first kappa shape index (κ1) is 14.8. The van der Waals surface area contributed by atoms with Crippen LogP contribution in [-0.2, 0) is 14.8 Å². The highest BCUT2D eigenvalue weighted by atomic mass is 32.2. The molecule has 5 nitrogen and oxygen atoms in total. The maximum atomic E-state index is 12.0. The van der Waals surface area contributed by atoms with Crippen LogP contribution in [-0.4, -0.2) is 43.5 Å². The molecular formula is C13H24N2O3S. The molecule has 110 valence electrons. The van der Waals surface area contributed by atoms with E-state index in [0.717, 1.165) is 32.1 Å². The lowest BCUT2D eigenvalue weighted by Gasteiger charge is -2.25. The molecule has 0 aromatic carbocycles. The smallest absolute Gasteiger partial charge is 0.220 e. The predicted molar refractivity (Wildman–Crippen MR) is 74.2 cm³/mol. The fourth-order valence-corrected chi connectivity index (χ4v) is 4.01. The zero-order chi connectivity index (χ0) is 13.7. The second-order valence-electron chi connectivity index (χ2n) is 5.57. The molecule has 6 heteroatoms. The van der Waals surface area contributed by atoms with Crippen LogP contribution >= 0.6 is 0 Å². The summed E-state index contributed by atoms with van der Waals surface area (Å²) in [6.45, 7) is 1.34. The van der Waals surface area contributed by atoms with E-state index in [1.807, 2.05) is 0 Å². The number of carbonyl (C=O) groups excluding carboxylic acids is 1. The van der Waals surface area contributed by atoms with Gasteiger partial charge in [-0.05, 0) is 38.5 Å². The first-order valence-corrected chi connectivity index (χ1v) is 8.96. The SMILES string of the molecule is O=C(CCCCS(=O)(=O)N1CCCCC1)NC1CC1. The number of piperidine rings is 1. The number of nitrogens with zero attached hydrogens (tertiary/aromatic N) is 1. The van der Waals surface area contributed by atoms with Gasteiger partial charge in [-0.15, -0.1) is 0 Å². The van der Waals surface area contributed by atoms with E-state index in [0.29, 0.717) is 38.4 Å². The van der Waals surface area contributed by atoms with Gasteiger partial charge in [0.1, 0.15) is 0 Å². The van der Waals surface area contributed by atoms with Crippen molar-refractivity contribution in [2.24, 2.45) is 0 Å². The maximum Gasteiger partial charge on any atom is 0.220 e. The summed E-state index contributed by atoms with van der Waals surface area (Å²) in [6, 6.07) is 0.393. The molecule has 0 aromatic heterocycles. The van der Waals surface area contributed by atoms with Crippen LogP contribution in [0.3, 0.4) is 0 Å². The Morgan fingerprint density at radius 2 is 1.79 bits per heavy atom. The lowest BCUT2D eigenvalue weighted by atomic mass is 10.2. The molecule has 0 spiro atoms. The predicted octanol–water partition coefficient (Wildman–Crippen LogP) is 1.25. The number of rotatable bonds is 7. The van der Waals surface area contributed by atoms with Crippen LogP contribution in [0, 0.1) is 0 Å². The van der Waals surface area contributed by atoms with Gasteiger partial charge in [-0.2, -0.15) is 0 Å². The minimum absolute atomic E-state index is 0.0675. The molecule has 2 rings (SSSR count). The van der Waals surface area contributed by atoms with Crippen LogP contribution in [0.25, 0.3) is 0 Å². The number of hydrogen-bond acceptors (Lipinski definition) is 3. The van der Waals surface area contributed by atoms with Gasteiger partial charge >= 0.3 is 0 Å². The lowest BCUT2D eigenvalue weighted by molar-refractivity contribution is -0.121. The number of carbonyl (C=O) groups is 1. The van der Waals surface area contributed by atoms with Crippen LogP contribution in [0.1, 0.15) is 51.4 Å². The van der Waals surface area contributed by atoms with E-state index in [2.05, 4.69) is 5.32 Å². The number of nitrogens with one attached hydrogen (secondary N) is 1. The third kappa shape index (κ3) is 5.10. The van der Waals surface area contributed by atoms with Crippen molar-refractivity contribution in [3.05, 3.63) is 0 Å². The normalized spacial score (nSPS) is 21.3. The van der Waals surface area contributed by atoms with Crippen LogP contribution in [0.5, 0.6) is 0 Å². The van der Waals surface area contributed by atoms with E-state index in [1.165, 1.54) is 0 Å². The van der Waals surface area contributed by atoms with Crippen molar-refractivity contribution in [1.82, 2.24) is 9.62 Å². The van der Waals surface area contributed by atoms with E-state index < -0.39 is 10.0 Å². The Hall–Kier alpha value is -0.620. The van der Waals surface area contributed by atoms with Gasteiger partial charge in [-0.3, -0.25) is 4.79 Å². The second kappa shape index (κ2) is 6.70. The molecule has 2 fully saturated rings. The summed E-state index contributed by atoms with van der Waals surface area (Å²) in [5.41, 5.74) is 0. The molecule has 1 aliphatic carbocycles. The molecular weight excluding hydrogens is 264 g/mol. The molecule has 0 bridgehead atoms. The molecule has 1 saturated heterocycles. The topological polar surface area (TPSA) is 66.5 Å². The van der Waals surface area contributed by atoms with E-state index in [9.17, 15) is 13.2 Å². The van der Waals surface area contributed by atoms with Gasteiger partial charge < -0.3 is 5.32 Å². The molecule has 2 aliphatic rings. The summed E-state index contributed by atoms with van der Waals surface area (Å²) >= 11 is 0. The summed E-state index contributed by atoms with van der Waals surface area (Å²) in [5.74, 6) is 0.252. The van der Waals surface area contributed by atoms with Crippen molar-refractivity contribution in [3.8, 4) is 0 Å². The van der Waals surface area contributed by atoms with Crippen molar-refractivity contribution >= 4 is 15.9 Å². The molecule has 1 saturated carbocycles. The Morgan fingerprint density at radius 1 is 1.11 bits per heavy atom. The number of amides is 1. The Labute approximate surface area is 115 Å². The van der Waals surface area contributed by atoms with Crippen LogP contribution < -0.4 is 5.32 Å². The Bertz CT molecular complexity index is 398. The minimum atomic E-state index is -3.09. The van der Waals surface area contributed by atoms with Gasteiger partial charge in [-0.25, -0.2) is 12.7 Å².